The number of hydrogen-bond acceptors (Lipinski definition) is 5. The number of carbonyl (C=O) groups is 1. The molecule has 0 radical (unpaired) electrons. The lowest BCUT2D eigenvalue weighted by Crippen LogP contribution is -2.47. The molecule has 2 rings (SSSR count). The van der Waals surface area contributed by atoms with Crippen molar-refractivity contribution in [2.24, 2.45) is 11.1 Å². The third kappa shape index (κ3) is 2.44. The maximum Gasteiger partial charge on any atom is 0.296 e. The molecule has 1 saturated carbocycles. The maximum absolute atomic E-state index is 12.2. The molecule has 0 aromatic heterocycles. The number of nitrogens with one attached hydrogen (secondary N) is 1. The number of amides is 1. The molecule has 1 aliphatic carbocycles. The summed E-state index contributed by atoms with van der Waals surface area (Å²) in [5.74, 6) is 0.117. The predicted octanol–water partition coefficient (Wildman–Crippen LogP) is 1.67. The summed E-state index contributed by atoms with van der Waals surface area (Å²) >= 11 is 0. The molecule has 7 heteroatoms. The zero-order valence-electron chi connectivity index (χ0n) is 11.2. The fourth-order valence-electron chi connectivity index (χ4n) is 2.28. The minimum Gasteiger partial charge on any atom is -0.496 e. The molecule has 1 fully saturated rings. The third-order valence-corrected chi connectivity index (χ3v) is 3.83. The molecule has 7 nitrogen and oxygen atoms in total. The van der Waals surface area contributed by atoms with E-state index in [0.717, 1.165) is 19.3 Å². The Morgan fingerprint density at radius 2 is 2.25 bits per heavy atom. The van der Waals surface area contributed by atoms with Gasteiger partial charge in [0.25, 0.3) is 5.69 Å². The molecule has 3 N–H and O–H groups in total. The number of ether oxygens (including phenoxy) is 1. The fraction of sp³-hybridized carbons (Fsp3) is 0.462. The van der Waals surface area contributed by atoms with Gasteiger partial charge in [-0.15, -0.1) is 0 Å². The lowest BCUT2D eigenvalue weighted by molar-refractivity contribution is -0.384. The van der Waals surface area contributed by atoms with E-state index in [0.29, 0.717) is 5.75 Å². The lowest BCUT2D eigenvalue weighted by Gasteiger charge is -2.38. The number of hydrogen-bond donors (Lipinski definition) is 2. The molecular formula is C13H17N3O4. The second-order valence-electron chi connectivity index (χ2n) is 4.93. The Morgan fingerprint density at radius 1 is 1.55 bits per heavy atom. The summed E-state index contributed by atoms with van der Waals surface area (Å²) in [5, 5.41) is 13.7. The van der Waals surface area contributed by atoms with E-state index in [1.807, 2.05) is 0 Å². The van der Waals surface area contributed by atoms with Gasteiger partial charge in [-0.1, -0.05) is 6.42 Å². The van der Waals surface area contributed by atoms with Crippen molar-refractivity contribution < 1.29 is 14.5 Å². The molecule has 0 atom stereocenters. The summed E-state index contributed by atoms with van der Waals surface area (Å²) < 4.78 is 4.95. The zero-order chi connectivity index (χ0) is 14.8. The molecule has 1 aromatic rings. The SMILES string of the molecule is COc1ccc(NC(=O)C2(CN)CCC2)c([N+](=O)[O-])c1. The highest BCUT2D eigenvalue weighted by molar-refractivity contribution is 5.98. The Bertz CT molecular complexity index is 535. The summed E-state index contributed by atoms with van der Waals surface area (Å²) in [4.78, 5) is 22.7. The van der Waals surface area contributed by atoms with Gasteiger partial charge in [0, 0.05) is 6.54 Å². The van der Waals surface area contributed by atoms with E-state index in [9.17, 15) is 14.9 Å². The highest BCUT2D eigenvalue weighted by Crippen LogP contribution is 2.41. The number of rotatable bonds is 5. The van der Waals surface area contributed by atoms with Crippen LogP contribution in [-0.4, -0.2) is 24.5 Å². The van der Waals surface area contributed by atoms with Crippen LogP contribution in [-0.2, 0) is 4.79 Å². The van der Waals surface area contributed by atoms with E-state index < -0.39 is 10.3 Å². The normalized spacial score (nSPS) is 16.1. The number of carbonyl (C=O) groups excluding carboxylic acids is 1. The first-order valence-corrected chi connectivity index (χ1v) is 6.36. The van der Waals surface area contributed by atoms with Crippen LogP contribution in [0.3, 0.4) is 0 Å². The fourth-order valence-corrected chi connectivity index (χ4v) is 2.28. The van der Waals surface area contributed by atoms with Crippen molar-refractivity contribution in [3.05, 3.63) is 28.3 Å². The highest BCUT2D eigenvalue weighted by atomic mass is 16.6. The van der Waals surface area contributed by atoms with Crippen molar-refractivity contribution >= 4 is 17.3 Å². The minimum absolute atomic E-state index is 0.167. The molecular weight excluding hydrogens is 262 g/mol. The first-order valence-electron chi connectivity index (χ1n) is 6.36. The Morgan fingerprint density at radius 3 is 2.70 bits per heavy atom. The van der Waals surface area contributed by atoms with Gasteiger partial charge in [-0.05, 0) is 25.0 Å². The molecule has 0 spiro atoms. The van der Waals surface area contributed by atoms with E-state index in [4.69, 9.17) is 10.5 Å². The molecule has 1 amide bonds. The van der Waals surface area contributed by atoms with E-state index >= 15 is 0 Å². The summed E-state index contributed by atoms with van der Waals surface area (Å²) in [5.41, 5.74) is 5.05. The number of nitrogens with two attached hydrogens (primary N) is 1. The molecule has 0 bridgehead atoms. The molecule has 0 heterocycles. The zero-order valence-corrected chi connectivity index (χ0v) is 11.2. The van der Waals surface area contributed by atoms with Crippen LogP contribution in [0.25, 0.3) is 0 Å². The van der Waals surface area contributed by atoms with Gasteiger partial charge >= 0.3 is 0 Å². The topological polar surface area (TPSA) is 107 Å². The Labute approximate surface area is 116 Å². The van der Waals surface area contributed by atoms with Crippen LogP contribution in [0.5, 0.6) is 5.75 Å². The number of benzene rings is 1. The van der Waals surface area contributed by atoms with Gasteiger partial charge in [0.05, 0.1) is 23.5 Å². The first-order chi connectivity index (χ1) is 9.52. The van der Waals surface area contributed by atoms with Crippen LogP contribution in [0.4, 0.5) is 11.4 Å². The maximum atomic E-state index is 12.2. The van der Waals surface area contributed by atoms with E-state index in [2.05, 4.69) is 5.32 Å². The largest absolute Gasteiger partial charge is 0.496 e. The summed E-state index contributed by atoms with van der Waals surface area (Å²) in [7, 11) is 1.43. The molecule has 0 unspecified atom stereocenters. The van der Waals surface area contributed by atoms with Crippen LogP contribution in [0, 0.1) is 15.5 Å². The molecule has 1 aliphatic rings. The Kier molecular flexibility index (Phi) is 3.89. The van der Waals surface area contributed by atoms with Gasteiger partial charge in [-0.3, -0.25) is 14.9 Å². The number of anilines is 1. The smallest absolute Gasteiger partial charge is 0.296 e. The van der Waals surface area contributed by atoms with Crippen molar-refractivity contribution in [1.29, 1.82) is 0 Å². The second kappa shape index (κ2) is 5.46. The van der Waals surface area contributed by atoms with Crippen molar-refractivity contribution in [2.45, 2.75) is 19.3 Å². The third-order valence-electron chi connectivity index (χ3n) is 3.83. The van der Waals surface area contributed by atoms with Gasteiger partial charge in [0.2, 0.25) is 5.91 Å². The summed E-state index contributed by atoms with van der Waals surface area (Å²) in [6, 6.07) is 4.32. The van der Waals surface area contributed by atoms with Gasteiger partial charge in [-0.25, -0.2) is 0 Å². The number of methoxy groups -OCH3 is 1. The monoisotopic (exact) mass is 279 g/mol. The van der Waals surface area contributed by atoms with Crippen molar-refractivity contribution in [3.8, 4) is 5.75 Å². The Hall–Kier alpha value is -2.15. The average molecular weight is 279 g/mol. The van der Waals surface area contributed by atoms with Crippen LogP contribution in [0.15, 0.2) is 18.2 Å². The van der Waals surface area contributed by atoms with E-state index in [1.54, 1.807) is 6.07 Å². The number of nitrogens with zero attached hydrogens (tertiary/aromatic N) is 1. The highest BCUT2D eigenvalue weighted by Gasteiger charge is 2.43. The molecule has 0 saturated heterocycles. The first kappa shape index (κ1) is 14.3. The quantitative estimate of drug-likeness (QED) is 0.629. The summed E-state index contributed by atoms with van der Waals surface area (Å²) in [6.07, 6.45) is 2.40. The number of nitro groups is 1. The van der Waals surface area contributed by atoms with Crippen LogP contribution in [0.2, 0.25) is 0 Å². The van der Waals surface area contributed by atoms with Crippen molar-refractivity contribution in [2.75, 3.05) is 19.0 Å². The minimum atomic E-state index is -0.576. The van der Waals surface area contributed by atoms with Crippen molar-refractivity contribution in [1.82, 2.24) is 0 Å². The number of nitro benzene ring substituents is 1. The predicted molar refractivity (Wildman–Crippen MR) is 73.6 cm³/mol. The van der Waals surface area contributed by atoms with E-state index in [1.165, 1.54) is 19.2 Å². The second-order valence-corrected chi connectivity index (χ2v) is 4.93. The van der Waals surface area contributed by atoms with Gasteiger partial charge in [0.15, 0.2) is 0 Å². The molecule has 108 valence electrons. The Balaban J connectivity index is 2.24. The van der Waals surface area contributed by atoms with Crippen LogP contribution >= 0.6 is 0 Å². The van der Waals surface area contributed by atoms with Crippen LogP contribution < -0.4 is 15.8 Å². The van der Waals surface area contributed by atoms with Crippen molar-refractivity contribution in [3.63, 3.8) is 0 Å². The lowest BCUT2D eigenvalue weighted by atomic mass is 9.68. The summed E-state index contributed by atoms with van der Waals surface area (Å²) in [6.45, 7) is 0.253. The van der Waals surface area contributed by atoms with E-state index in [-0.39, 0.29) is 23.8 Å². The molecule has 1 aromatic carbocycles. The average Bonchev–Trinajstić information content (AvgIpc) is 2.38. The van der Waals surface area contributed by atoms with Crippen LogP contribution in [0.1, 0.15) is 19.3 Å². The van der Waals surface area contributed by atoms with Gasteiger partial charge < -0.3 is 15.8 Å². The molecule has 20 heavy (non-hydrogen) atoms. The van der Waals surface area contributed by atoms with Gasteiger partial charge in [-0.2, -0.15) is 0 Å². The molecule has 0 aliphatic heterocycles. The standard InChI is InChI=1S/C13H17N3O4/c1-20-9-3-4-10(11(7-9)16(18)19)15-12(17)13(8-14)5-2-6-13/h3-4,7H,2,5-6,8,14H2,1H3,(H,15,17). The van der Waals surface area contributed by atoms with Gasteiger partial charge in [0.1, 0.15) is 11.4 Å².